The molecule has 0 saturated heterocycles. The molecular weight excluding hydrogens is 260 g/mol. The molecule has 1 aromatic heterocycles. The molecule has 1 aromatic carbocycles. The van der Waals surface area contributed by atoms with E-state index in [9.17, 15) is 0 Å². The van der Waals surface area contributed by atoms with Crippen LogP contribution >= 0.6 is 0 Å². The second-order valence-electron chi connectivity index (χ2n) is 5.59. The van der Waals surface area contributed by atoms with Gasteiger partial charge in [-0.2, -0.15) is 0 Å². The molecule has 0 aliphatic rings. The number of rotatable bonds is 7. The van der Waals surface area contributed by atoms with Gasteiger partial charge >= 0.3 is 0 Å². The van der Waals surface area contributed by atoms with E-state index in [0.29, 0.717) is 18.4 Å². The number of anilines is 1. The zero-order valence-electron chi connectivity index (χ0n) is 13.1. The van der Waals surface area contributed by atoms with Crippen LogP contribution < -0.4 is 10.1 Å². The van der Waals surface area contributed by atoms with Crippen LogP contribution in [0.1, 0.15) is 31.9 Å². The monoisotopic (exact) mass is 284 g/mol. The smallest absolute Gasteiger partial charge is 0.213 e. The molecule has 0 amide bonds. The van der Waals surface area contributed by atoms with Gasteiger partial charge in [0, 0.05) is 12.6 Å². The number of nitrogens with zero attached hydrogens (tertiary/aromatic N) is 1. The lowest BCUT2D eigenvalue weighted by Crippen LogP contribution is -2.01. The predicted molar refractivity (Wildman–Crippen MR) is 87.7 cm³/mol. The van der Waals surface area contributed by atoms with Crippen LogP contribution in [0.2, 0.25) is 0 Å². The van der Waals surface area contributed by atoms with Crippen molar-refractivity contribution in [3.8, 4) is 5.88 Å². The summed E-state index contributed by atoms with van der Waals surface area (Å²) in [5.41, 5.74) is 3.68. The first-order chi connectivity index (χ1) is 10.2. The van der Waals surface area contributed by atoms with Gasteiger partial charge in [0.05, 0.1) is 18.5 Å². The summed E-state index contributed by atoms with van der Waals surface area (Å²) in [6, 6.07) is 12.7. The first kappa shape index (κ1) is 15.4. The average molecular weight is 284 g/mol. The Morgan fingerprint density at radius 2 is 1.76 bits per heavy atom. The van der Waals surface area contributed by atoms with Crippen LogP contribution in [0, 0.1) is 5.92 Å². The number of benzene rings is 1. The topological polar surface area (TPSA) is 34.1 Å². The number of ether oxygens (including phenoxy) is 1. The van der Waals surface area contributed by atoms with Gasteiger partial charge in [0.2, 0.25) is 5.88 Å². The van der Waals surface area contributed by atoms with Crippen LogP contribution in [0.5, 0.6) is 5.88 Å². The van der Waals surface area contributed by atoms with Crippen LogP contribution in [0.25, 0.3) is 0 Å². The van der Waals surface area contributed by atoms with Crippen molar-refractivity contribution in [1.82, 2.24) is 4.98 Å². The van der Waals surface area contributed by atoms with E-state index in [1.807, 2.05) is 19.1 Å². The van der Waals surface area contributed by atoms with E-state index in [-0.39, 0.29) is 0 Å². The van der Waals surface area contributed by atoms with Crippen LogP contribution in [0.3, 0.4) is 0 Å². The Kier molecular flexibility index (Phi) is 5.61. The minimum Gasteiger partial charge on any atom is -0.478 e. The fourth-order valence-electron chi connectivity index (χ4n) is 2.19. The summed E-state index contributed by atoms with van der Waals surface area (Å²) in [5, 5.41) is 3.37. The van der Waals surface area contributed by atoms with Crippen molar-refractivity contribution >= 4 is 5.69 Å². The SMILES string of the molecule is CCOc1ccc(NCc2ccc(CC(C)C)cc2)cn1. The van der Waals surface area contributed by atoms with Gasteiger partial charge in [0.1, 0.15) is 0 Å². The van der Waals surface area contributed by atoms with Gasteiger partial charge in [-0.25, -0.2) is 4.98 Å². The Balaban J connectivity index is 1.87. The normalized spacial score (nSPS) is 10.7. The zero-order valence-corrected chi connectivity index (χ0v) is 13.1. The molecule has 1 N–H and O–H groups in total. The average Bonchev–Trinajstić information content (AvgIpc) is 2.48. The lowest BCUT2D eigenvalue weighted by molar-refractivity contribution is 0.327. The predicted octanol–water partition coefficient (Wildman–Crippen LogP) is 4.29. The number of pyridine rings is 1. The van der Waals surface area contributed by atoms with Crippen LogP contribution in [0.15, 0.2) is 42.6 Å². The van der Waals surface area contributed by atoms with E-state index in [0.717, 1.165) is 18.7 Å². The molecule has 0 aliphatic carbocycles. The molecule has 0 saturated carbocycles. The molecular formula is C18H24N2O. The minimum absolute atomic E-state index is 0.641. The van der Waals surface area contributed by atoms with E-state index < -0.39 is 0 Å². The maximum absolute atomic E-state index is 5.33. The van der Waals surface area contributed by atoms with Gasteiger partial charge in [0.15, 0.2) is 0 Å². The second kappa shape index (κ2) is 7.67. The molecule has 0 unspecified atom stereocenters. The lowest BCUT2D eigenvalue weighted by atomic mass is 10.0. The molecule has 3 heteroatoms. The van der Waals surface area contributed by atoms with Gasteiger partial charge in [-0.3, -0.25) is 0 Å². The molecule has 0 bridgehead atoms. The Hall–Kier alpha value is -2.03. The second-order valence-corrected chi connectivity index (χ2v) is 5.59. The molecule has 112 valence electrons. The van der Waals surface area contributed by atoms with Crippen molar-refractivity contribution in [2.45, 2.75) is 33.7 Å². The highest BCUT2D eigenvalue weighted by atomic mass is 16.5. The van der Waals surface area contributed by atoms with Gasteiger partial charge in [-0.05, 0) is 36.5 Å². The summed E-state index contributed by atoms with van der Waals surface area (Å²) in [6.07, 6.45) is 2.94. The van der Waals surface area contributed by atoms with Gasteiger partial charge in [-0.1, -0.05) is 38.1 Å². The molecule has 2 aromatic rings. The minimum atomic E-state index is 0.641. The van der Waals surface area contributed by atoms with Crippen LogP contribution in [0.4, 0.5) is 5.69 Å². The largest absolute Gasteiger partial charge is 0.478 e. The quantitative estimate of drug-likeness (QED) is 0.823. The van der Waals surface area contributed by atoms with Crippen molar-refractivity contribution in [1.29, 1.82) is 0 Å². The molecule has 2 rings (SSSR count). The zero-order chi connectivity index (χ0) is 15.1. The van der Waals surface area contributed by atoms with Crippen molar-refractivity contribution in [3.05, 3.63) is 53.7 Å². The van der Waals surface area contributed by atoms with Crippen LogP contribution in [-0.2, 0) is 13.0 Å². The van der Waals surface area contributed by atoms with Crippen LogP contribution in [-0.4, -0.2) is 11.6 Å². The Labute approximate surface area is 127 Å². The highest BCUT2D eigenvalue weighted by molar-refractivity contribution is 5.42. The molecule has 0 atom stereocenters. The van der Waals surface area contributed by atoms with Crippen molar-refractivity contribution in [3.63, 3.8) is 0 Å². The summed E-state index contributed by atoms with van der Waals surface area (Å²) in [6.45, 7) is 7.89. The summed E-state index contributed by atoms with van der Waals surface area (Å²) >= 11 is 0. The first-order valence-electron chi connectivity index (χ1n) is 7.58. The van der Waals surface area contributed by atoms with Crippen molar-refractivity contribution in [2.75, 3.05) is 11.9 Å². The fourth-order valence-corrected chi connectivity index (χ4v) is 2.19. The maximum Gasteiger partial charge on any atom is 0.213 e. The third-order valence-electron chi connectivity index (χ3n) is 3.19. The Morgan fingerprint density at radius 1 is 1.05 bits per heavy atom. The maximum atomic E-state index is 5.33. The molecule has 0 radical (unpaired) electrons. The van der Waals surface area contributed by atoms with E-state index in [1.54, 1.807) is 6.20 Å². The Bertz CT molecular complexity index is 532. The number of hydrogen-bond donors (Lipinski definition) is 1. The highest BCUT2D eigenvalue weighted by Gasteiger charge is 1.99. The molecule has 0 aliphatic heterocycles. The van der Waals surface area contributed by atoms with Gasteiger partial charge in [0.25, 0.3) is 0 Å². The third-order valence-corrected chi connectivity index (χ3v) is 3.19. The standard InChI is InChI=1S/C18H24N2O/c1-4-21-18-10-9-17(13-20-18)19-12-16-7-5-15(6-8-16)11-14(2)3/h5-10,13-14,19H,4,11-12H2,1-3H3. The summed E-state index contributed by atoms with van der Waals surface area (Å²) in [5.74, 6) is 1.37. The summed E-state index contributed by atoms with van der Waals surface area (Å²) in [7, 11) is 0. The molecule has 3 nitrogen and oxygen atoms in total. The van der Waals surface area contributed by atoms with E-state index in [1.165, 1.54) is 11.1 Å². The third kappa shape index (κ3) is 5.10. The Morgan fingerprint density at radius 3 is 2.33 bits per heavy atom. The van der Waals surface area contributed by atoms with E-state index in [4.69, 9.17) is 4.74 Å². The fraction of sp³-hybridized carbons (Fsp3) is 0.389. The number of hydrogen-bond acceptors (Lipinski definition) is 3. The molecule has 1 heterocycles. The molecule has 0 spiro atoms. The summed E-state index contributed by atoms with van der Waals surface area (Å²) in [4.78, 5) is 4.24. The van der Waals surface area contributed by atoms with Crippen molar-refractivity contribution in [2.24, 2.45) is 5.92 Å². The lowest BCUT2D eigenvalue weighted by Gasteiger charge is -2.09. The van der Waals surface area contributed by atoms with Gasteiger partial charge in [-0.15, -0.1) is 0 Å². The van der Waals surface area contributed by atoms with Crippen molar-refractivity contribution < 1.29 is 4.74 Å². The summed E-state index contributed by atoms with van der Waals surface area (Å²) < 4.78 is 5.33. The first-order valence-corrected chi connectivity index (χ1v) is 7.58. The van der Waals surface area contributed by atoms with Gasteiger partial charge < -0.3 is 10.1 Å². The number of aromatic nitrogens is 1. The highest BCUT2D eigenvalue weighted by Crippen LogP contribution is 2.14. The number of nitrogens with one attached hydrogen (secondary N) is 1. The molecule has 0 fully saturated rings. The van der Waals surface area contributed by atoms with E-state index >= 15 is 0 Å². The van der Waals surface area contributed by atoms with E-state index in [2.05, 4.69) is 48.4 Å². The molecule has 21 heavy (non-hydrogen) atoms.